The number of nitrogens with one attached hydrogen (secondary N) is 1. The SMILES string of the molecule is O=c1[nH]c2ccccc2n1C1CCN(c2nccc(CO)c2F)CC1. The zero-order valence-electron chi connectivity index (χ0n) is 13.7. The van der Waals surface area contributed by atoms with Gasteiger partial charge in [-0.3, -0.25) is 4.57 Å². The van der Waals surface area contributed by atoms with Crippen molar-refractivity contribution in [3.63, 3.8) is 0 Å². The molecule has 3 aromatic rings. The number of fused-ring (bicyclic) bond motifs is 1. The van der Waals surface area contributed by atoms with E-state index < -0.39 is 5.82 Å². The molecule has 1 saturated heterocycles. The fraction of sp³-hybridized carbons (Fsp3) is 0.333. The second-order valence-corrected chi connectivity index (χ2v) is 6.30. The van der Waals surface area contributed by atoms with Crippen LogP contribution >= 0.6 is 0 Å². The first kappa shape index (κ1) is 15.8. The number of aliphatic hydroxyl groups is 1. The maximum atomic E-state index is 14.4. The topological polar surface area (TPSA) is 74.2 Å². The molecule has 0 atom stereocenters. The first-order chi connectivity index (χ1) is 12.2. The molecule has 0 unspecified atom stereocenters. The van der Waals surface area contributed by atoms with Crippen LogP contribution in [0.2, 0.25) is 0 Å². The number of imidazole rings is 1. The molecule has 0 saturated carbocycles. The standard InChI is InChI=1S/C18H19FN4O2/c19-16-12(11-24)5-8-20-17(16)22-9-6-13(7-10-22)23-15-4-2-1-3-14(15)21-18(23)25/h1-5,8,13,24H,6-7,9-11H2,(H,21,25). The molecule has 3 heterocycles. The van der Waals surface area contributed by atoms with Crippen LogP contribution in [0.5, 0.6) is 0 Å². The van der Waals surface area contributed by atoms with Crippen LogP contribution < -0.4 is 10.6 Å². The molecule has 0 amide bonds. The van der Waals surface area contributed by atoms with E-state index in [0.717, 1.165) is 23.9 Å². The van der Waals surface area contributed by atoms with E-state index in [4.69, 9.17) is 0 Å². The number of halogens is 1. The number of rotatable bonds is 3. The molecule has 0 aliphatic carbocycles. The van der Waals surface area contributed by atoms with Crippen LogP contribution in [0.3, 0.4) is 0 Å². The van der Waals surface area contributed by atoms with E-state index in [1.54, 1.807) is 4.57 Å². The molecule has 2 N–H and O–H groups in total. The zero-order chi connectivity index (χ0) is 17.4. The summed E-state index contributed by atoms with van der Waals surface area (Å²) < 4.78 is 16.2. The Morgan fingerprint density at radius 2 is 2.00 bits per heavy atom. The van der Waals surface area contributed by atoms with E-state index in [-0.39, 0.29) is 29.7 Å². The quantitative estimate of drug-likeness (QED) is 0.765. The van der Waals surface area contributed by atoms with E-state index in [9.17, 15) is 14.3 Å². The molecule has 0 spiro atoms. The van der Waals surface area contributed by atoms with Crippen LogP contribution in [0.1, 0.15) is 24.4 Å². The van der Waals surface area contributed by atoms with Crippen molar-refractivity contribution >= 4 is 16.9 Å². The van der Waals surface area contributed by atoms with E-state index in [1.165, 1.54) is 12.3 Å². The van der Waals surface area contributed by atoms with E-state index in [2.05, 4.69) is 9.97 Å². The van der Waals surface area contributed by atoms with E-state index >= 15 is 0 Å². The number of aliphatic hydroxyl groups excluding tert-OH is 1. The fourth-order valence-corrected chi connectivity index (χ4v) is 3.59. The predicted molar refractivity (Wildman–Crippen MR) is 93.2 cm³/mol. The molecule has 4 rings (SSSR count). The number of pyridine rings is 1. The summed E-state index contributed by atoms with van der Waals surface area (Å²) >= 11 is 0. The van der Waals surface area contributed by atoms with Crippen LogP contribution in [0.4, 0.5) is 10.2 Å². The minimum atomic E-state index is -0.465. The number of hydrogen-bond donors (Lipinski definition) is 2. The molecule has 25 heavy (non-hydrogen) atoms. The van der Waals surface area contributed by atoms with Crippen molar-refractivity contribution in [2.75, 3.05) is 18.0 Å². The van der Waals surface area contributed by atoms with E-state index in [1.807, 2.05) is 29.2 Å². The smallest absolute Gasteiger partial charge is 0.326 e. The minimum Gasteiger partial charge on any atom is -0.392 e. The van der Waals surface area contributed by atoms with Crippen molar-refractivity contribution in [1.29, 1.82) is 0 Å². The molecule has 1 fully saturated rings. The Hall–Kier alpha value is -2.67. The van der Waals surface area contributed by atoms with Gasteiger partial charge in [-0.1, -0.05) is 12.1 Å². The Bertz CT molecular complexity index is 957. The van der Waals surface area contributed by atoms with Gasteiger partial charge in [0.15, 0.2) is 11.6 Å². The summed E-state index contributed by atoms with van der Waals surface area (Å²) in [5.41, 5.74) is 1.88. The van der Waals surface area contributed by atoms with Crippen molar-refractivity contribution < 1.29 is 9.50 Å². The number of para-hydroxylation sites is 2. The molecular formula is C18H19FN4O2. The Morgan fingerprint density at radius 1 is 1.24 bits per heavy atom. The molecule has 1 aliphatic heterocycles. The third-order valence-corrected chi connectivity index (χ3v) is 4.87. The molecule has 2 aromatic heterocycles. The Labute approximate surface area is 143 Å². The number of hydrogen-bond acceptors (Lipinski definition) is 4. The summed E-state index contributed by atoms with van der Waals surface area (Å²) in [7, 11) is 0. The van der Waals surface area contributed by atoms with Crippen molar-refractivity contribution in [3.05, 3.63) is 58.4 Å². The number of aromatic amines is 1. The highest BCUT2D eigenvalue weighted by molar-refractivity contribution is 5.75. The summed E-state index contributed by atoms with van der Waals surface area (Å²) in [6.45, 7) is 0.868. The van der Waals surface area contributed by atoms with Gasteiger partial charge in [0.1, 0.15) is 0 Å². The summed E-state index contributed by atoms with van der Waals surface area (Å²) in [6.07, 6.45) is 2.97. The van der Waals surface area contributed by atoms with Gasteiger partial charge < -0.3 is 15.0 Å². The van der Waals surface area contributed by atoms with Gasteiger partial charge in [-0.15, -0.1) is 0 Å². The van der Waals surface area contributed by atoms with Gasteiger partial charge in [0, 0.05) is 30.9 Å². The summed E-state index contributed by atoms with van der Waals surface area (Å²) in [6, 6.07) is 9.20. The fourth-order valence-electron chi connectivity index (χ4n) is 3.59. The second kappa shape index (κ2) is 6.33. The molecule has 0 bridgehead atoms. The third kappa shape index (κ3) is 2.70. The highest BCUT2D eigenvalue weighted by Crippen LogP contribution is 2.29. The molecule has 0 radical (unpaired) electrons. The molecular weight excluding hydrogens is 323 g/mol. The molecule has 1 aliphatic rings. The van der Waals surface area contributed by atoms with Gasteiger partial charge in [0.05, 0.1) is 17.6 Å². The first-order valence-corrected chi connectivity index (χ1v) is 8.37. The maximum absolute atomic E-state index is 14.4. The van der Waals surface area contributed by atoms with Crippen molar-refractivity contribution in [2.24, 2.45) is 0 Å². The monoisotopic (exact) mass is 342 g/mol. The first-order valence-electron chi connectivity index (χ1n) is 8.37. The average Bonchev–Trinajstić information content (AvgIpc) is 2.98. The van der Waals surface area contributed by atoms with Crippen molar-refractivity contribution in [3.8, 4) is 0 Å². The second-order valence-electron chi connectivity index (χ2n) is 6.30. The number of nitrogens with zero attached hydrogens (tertiary/aromatic N) is 3. The minimum absolute atomic E-state index is 0.0731. The van der Waals surface area contributed by atoms with Crippen LogP contribution in [0, 0.1) is 5.82 Å². The largest absolute Gasteiger partial charge is 0.392 e. The number of H-pyrrole nitrogens is 1. The van der Waals surface area contributed by atoms with Crippen LogP contribution in [-0.2, 0) is 6.61 Å². The summed E-state index contributed by atoms with van der Waals surface area (Å²) in [4.78, 5) is 21.2. The van der Waals surface area contributed by atoms with Crippen molar-refractivity contribution in [1.82, 2.24) is 14.5 Å². The molecule has 6 nitrogen and oxygen atoms in total. The predicted octanol–water partition coefficient (Wildman–Crippen LogP) is 2.20. The maximum Gasteiger partial charge on any atom is 0.326 e. The lowest BCUT2D eigenvalue weighted by molar-refractivity contribution is 0.275. The van der Waals surface area contributed by atoms with Gasteiger partial charge in [-0.25, -0.2) is 14.2 Å². The highest BCUT2D eigenvalue weighted by atomic mass is 19.1. The normalized spacial score (nSPS) is 15.8. The molecule has 1 aromatic carbocycles. The molecule has 7 heteroatoms. The number of aromatic nitrogens is 3. The van der Waals surface area contributed by atoms with Gasteiger partial charge in [-0.2, -0.15) is 0 Å². The summed E-state index contributed by atoms with van der Waals surface area (Å²) in [5, 5.41) is 9.21. The van der Waals surface area contributed by atoms with Gasteiger partial charge in [0.25, 0.3) is 0 Å². The Morgan fingerprint density at radius 3 is 2.76 bits per heavy atom. The number of piperidine rings is 1. The zero-order valence-corrected chi connectivity index (χ0v) is 13.7. The van der Waals surface area contributed by atoms with Gasteiger partial charge in [0.2, 0.25) is 0 Å². The third-order valence-electron chi connectivity index (χ3n) is 4.87. The highest BCUT2D eigenvalue weighted by Gasteiger charge is 2.26. The number of benzene rings is 1. The van der Waals surface area contributed by atoms with Gasteiger partial charge in [-0.05, 0) is 31.0 Å². The van der Waals surface area contributed by atoms with E-state index in [0.29, 0.717) is 13.1 Å². The average molecular weight is 342 g/mol. The Balaban J connectivity index is 1.58. The lowest BCUT2D eigenvalue weighted by Crippen LogP contribution is -2.38. The number of anilines is 1. The van der Waals surface area contributed by atoms with Crippen LogP contribution in [0.25, 0.3) is 11.0 Å². The lowest BCUT2D eigenvalue weighted by atomic mass is 10.0. The summed E-state index contributed by atoms with van der Waals surface area (Å²) in [5.74, 6) is -0.191. The van der Waals surface area contributed by atoms with Gasteiger partial charge >= 0.3 is 5.69 Å². The molecule has 130 valence electrons. The van der Waals surface area contributed by atoms with Crippen LogP contribution in [-0.4, -0.2) is 32.7 Å². The lowest BCUT2D eigenvalue weighted by Gasteiger charge is -2.33. The van der Waals surface area contributed by atoms with Crippen molar-refractivity contribution in [2.45, 2.75) is 25.5 Å². The van der Waals surface area contributed by atoms with Crippen LogP contribution in [0.15, 0.2) is 41.3 Å². The Kier molecular flexibility index (Phi) is 4.01.